The molecule has 0 aliphatic carbocycles. The second-order valence-corrected chi connectivity index (χ2v) is 7.37. The third-order valence-electron chi connectivity index (χ3n) is 3.19. The van der Waals surface area contributed by atoms with Crippen LogP contribution in [0.2, 0.25) is 5.02 Å². The molecule has 7 heteroatoms. The van der Waals surface area contributed by atoms with E-state index >= 15 is 0 Å². The predicted octanol–water partition coefficient (Wildman–Crippen LogP) is 3.13. The van der Waals surface area contributed by atoms with Crippen molar-refractivity contribution in [2.75, 3.05) is 15.9 Å². The first-order valence-corrected chi connectivity index (χ1v) is 9.12. The van der Waals surface area contributed by atoms with Gasteiger partial charge in [-0.1, -0.05) is 35.9 Å². The first-order valence-electron chi connectivity index (χ1n) is 6.90. The Morgan fingerprint density at radius 3 is 2.35 bits per heavy atom. The molecule has 1 N–H and O–H groups in total. The number of nitrogens with zero attached hydrogens (tertiary/aromatic N) is 1. The lowest BCUT2D eigenvalue weighted by Crippen LogP contribution is -2.45. The molecule has 0 aromatic heterocycles. The lowest BCUT2D eigenvalue weighted by molar-refractivity contribution is -0.116. The summed E-state index contributed by atoms with van der Waals surface area (Å²) >= 11 is 5.88. The number of carbonyl (C=O) groups is 1. The van der Waals surface area contributed by atoms with E-state index in [1.807, 2.05) is 0 Å². The standard InChI is InChI=1S/C16H17ClN2O3S/c1-12(16(20)18-14-8-6-7-13(17)11-14)19(23(2,21)22)15-9-4-3-5-10-15/h3-12H,1-2H3,(H,18,20)/t12-/m1/s1. The third-order valence-corrected chi connectivity index (χ3v) is 4.67. The van der Waals surface area contributed by atoms with Crippen molar-refractivity contribution in [1.29, 1.82) is 0 Å². The molecule has 1 amide bonds. The van der Waals surface area contributed by atoms with E-state index < -0.39 is 22.0 Å². The van der Waals surface area contributed by atoms with Gasteiger partial charge in [0, 0.05) is 10.7 Å². The fourth-order valence-electron chi connectivity index (χ4n) is 2.20. The van der Waals surface area contributed by atoms with E-state index in [-0.39, 0.29) is 0 Å². The maximum absolute atomic E-state index is 12.4. The maximum atomic E-state index is 12.4. The zero-order valence-electron chi connectivity index (χ0n) is 12.7. The molecule has 1 atom stereocenters. The van der Waals surface area contributed by atoms with Crippen molar-refractivity contribution in [3.05, 3.63) is 59.6 Å². The molecule has 2 rings (SSSR count). The van der Waals surface area contributed by atoms with E-state index in [9.17, 15) is 13.2 Å². The number of anilines is 2. The lowest BCUT2D eigenvalue weighted by Gasteiger charge is -2.28. The summed E-state index contributed by atoms with van der Waals surface area (Å²) in [5.74, 6) is -0.443. The molecule has 0 saturated heterocycles. The number of nitrogens with one attached hydrogen (secondary N) is 1. The largest absolute Gasteiger partial charge is 0.324 e. The Labute approximate surface area is 140 Å². The summed E-state index contributed by atoms with van der Waals surface area (Å²) in [6.07, 6.45) is 1.07. The van der Waals surface area contributed by atoms with E-state index in [2.05, 4.69) is 5.32 Å². The van der Waals surface area contributed by atoms with Gasteiger partial charge in [0.05, 0.1) is 11.9 Å². The van der Waals surface area contributed by atoms with E-state index in [1.165, 1.54) is 6.92 Å². The zero-order valence-corrected chi connectivity index (χ0v) is 14.3. The van der Waals surface area contributed by atoms with E-state index in [1.54, 1.807) is 54.6 Å². The van der Waals surface area contributed by atoms with Crippen molar-refractivity contribution < 1.29 is 13.2 Å². The summed E-state index contributed by atoms with van der Waals surface area (Å²) < 4.78 is 25.3. The minimum absolute atomic E-state index is 0.434. The van der Waals surface area contributed by atoms with Crippen molar-refractivity contribution in [2.45, 2.75) is 13.0 Å². The van der Waals surface area contributed by atoms with Crippen LogP contribution in [-0.2, 0) is 14.8 Å². The quantitative estimate of drug-likeness (QED) is 0.899. The number of hydrogen-bond acceptors (Lipinski definition) is 3. The zero-order chi connectivity index (χ0) is 17.0. The van der Waals surface area contributed by atoms with Crippen LogP contribution in [0.5, 0.6) is 0 Å². The van der Waals surface area contributed by atoms with Crippen molar-refractivity contribution >= 4 is 38.9 Å². The number of amides is 1. The molecule has 0 radical (unpaired) electrons. The van der Waals surface area contributed by atoms with Gasteiger partial charge in [0.2, 0.25) is 15.9 Å². The summed E-state index contributed by atoms with van der Waals surface area (Å²) in [6.45, 7) is 1.54. The smallest absolute Gasteiger partial charge is 0.247 e. The molecule has 5 nitrogen and oxygen atoms in total. The Kier molecular flexibility index (Phi) is 5.28. The Morgan fingerprint density at radius 2 is 1.78 bits per heavy atom. The average Bonchev–Trinajstić information content (AvgIpc) is 2.47. The number of para-hydroxylation sites is 1. The average molecular weight is 353 g/mol. The molecule has 0 heterocycles. The highest BCUT2D eigenvalue weighted by Crippen LogP contribution is 2.21. The molecule has 0 spiro atoms. The van der Waals surface area contributed by atoms with Gasteiger partial charge in [-0.3, -0.25) is 9.10 Å². The van der Waals surface area contributed by atoms with Gasteiger partial charge in [-0.2, -0.15) is 0 Å². The summed E-state index contributed by atoms with van der Waals surface area (Å²) in [7, 11) is -3.62. The number of sulfonamides is 1. The van der Waals surface area contributed by atoms with Crippen LogP contribution in [0.25, 0.3) is 0 Å². The minimum atomic E-state index is -3.62. The Bertz CT molecular complexity index is 794. The molecule has 2 aromatic rings. The monoisotopic (exact) mass is 352 g/mol. The van der Waals surface area contributed by atoms with Gasteiger partial charge in [-0.25, -0.2) is 8.42 Å². The van der Waals surface area contributed by atoms with Gasteiger partial charge in [-0.15, -0.1) is 0 Å². The van der Waals surface area contributed by atoms with E-state index in [4.69, 9.17) is 11.6 Å². The van der Waals surface area contributed by atoms with Crippen molar-refractivity contribution in [3.8, 4) is 0 Å². The summed E-state index contributed by atoms with van der Waals surface area (Å²) in [4.78, 5) is 12.4. The fourth-order valence-corrected chi connectivity index (χ4v) is 3.56. The van der Waals surface area contributed by atoms with Gasteiger partial charge in [0.15, 0.2) is 0 Å². The van der Waals surface area contributed by atoms with E-state index in [0.29, 0.717) is 16.4 Å². The van der Waals surface area contributed by atoms with Crippen LogP contribution >= 0.6 is 11.6 Å². The molecule has 23 heavy (non-hydrogen) atoms. The van der Waals surface area contributed by atoms with Crippen LogP contribution in [0.3, 0.4) is 0 Å². The lowest BCUT2D eigenvalue weighted by atomic mass is 10.2. The number of benzene rings is 2. The number of rotatable bonds is 5. The number of carbonyl (C=O) groups excluding carboxylic acids is 1. The van der Waals surface area contributed by atoms with Crippen molar-refractivity contribution in [3.63, 3.8) is 0 Å². The van der Waals surface area contributed by atoms with Crippen molar-refractivity contribution in [2.24, 2.45) is 0 Å². The summed E-state index contributed by atoms with van der Waals surface area (Å²) in [5, 5.41) is 3.16. The molecule has 0 bridgehead atoms. The molecule has 0 aliphatic heterocycles. The highest BCUT2D eigenvalue weighted by molar-refractivity contribution is 7.92. The molecule has 0 saturated carbocycles. The molecular formula is C16H17ClN2O3S. The fraction of sp³-hybridized carbons (Fsp3) is 0.188. The molecule has 122 valence electrons. The van der Waals surface area contributed by atoms with Crippen LogP contribution in [0.15, 0.2) is 54.6 Å². The van der Waals surface area contributed by atoms with Gasteiger partial charge >= 0.3 is 0 Å². The second-order valence-electron chi connectivity index (χ2n) is 5.07. The van der Waals surface area contributed by atoms with Crippen LogP contribution in [-0.4, -0.2) is 26.6 Å². The van der Waals surface area contributed by atoms with Crippen LogP contribution in [0.1, 0.15) is 6.92 Å². The van der Waals surface area contributed by atoms with Gasteiger partial charge in [-0.05, 0) is 37.3 Å². The van der Waals surface area contributed by atoms with Gasteiger partial charge in [0.1, 0.15) is 6.04 Å². The summed E-state index contributed by atoms with van der Waals surface area (Å²) in [6, 6.07) is 14.3. The van der Waals surface area contributed by atoms with Crippen LogP contribution in [0, 0.1) is 0 Å². The molecule has 0 aliphatic rings. The normalized spacial score (nSPS) is 12.5. The summed E-state index contributed by atoms with van der Waals surface area (Å²) in [5.41, 5.74) is 0.944. The third kappa shape index (κ3) is 4.46. The molecular weight excluding hydrogens is 336 g/mol. The van der Waals surface area contributed by atoms with Crippen molar-refractivity contribution in [1.82, 2.24) is 0 Å². The maximum Gasteiger partial charge on any atom is 0.247 e. The highest BCUT2D eigenvalue weighted by atomic mass is 35.5. The first-order chi connectivity index (χ1) is 10.8. The van der Waals surface area contributed by atoms with Crippen LogP contribution in [0.4, 0.5) is 11.4 Å². The van der Waals surface area contributed by atoms with E-state index in [0.717, 1.165) is 10.6 Å². The molecule has 0 unspecified atom stereocenters. The Hall–Kier alpha value is -2.05. The van der Waals surface area contributed by atoms with Gasteiger partial charge < -0.3 is 5.32 Å². The number of halogens is 1. The SMILES string of the molecule is C[C@H](C(=O)Nc1cccc(Cl)c1)N(c1ccccc1)S(C)(=O)=O. The van der Waals surface area contributed by atoms with Gasteiger partial charge in [0.25, 0.3) is 0 Å². The van der Waals surface area contributed by atoms with Crippen LogP contribution < -0.4 is 9.62 Å². The first kappa shape index (κ1) is 17.3. The Balaban J connectivity index is 2.27. The molecule has 2 aromatic carbocycles. The highest BCUT2D eigenvalue weighted by Gasteiger charge is 2.28. The molecule has 0 fully saturated rings. The number of hydrogen-bond donors (Lipinski definition) is 1. The topological polar surface area (TPSA) is 66.5 Å². The minimum Gasteiger partial charge on any atom is -0.324 e. The second kappa shape index (κ2) is 7.02. The predicted molar refractivity (Wildman–Crippen MR) is 93.3 cm³/mol. The Morgan fingerprint density at radius 1 is 1.13 bits per heavy atom.